The number of hydrogen-bond acceptors (Lipinski definition) is 2. The molecule has 4 nitrogen and oxygen atoms in total. The number of halogens is 1. The molecule has 94 valence electrons. The highest BCUT2D eigenvalue weighted by Gasteiger charge is 2.26. The summed E-state index contributed by atoms with van der Waals surface area (Å²) in [6.07, 6.45) is 0.983. The Kier molecular flexibility index (Phi) is 3.09. The van der Waals surface area contributed by atoms with E-state index in [0.717, 1.165) is 30.4 Å². The second-order valence-electron chi connectivity index (χ2n) is 4.53. The molecule has 0 spiro atoms. The Labute approximate surface area is 114 Å². The Balaban J connectivity index is 1.86. The maximum Gasteiger partial charge on any atom is 0.280 e. The van der Waals surface area contributed by atoms with E-state index in [-0.39, 0.29) is 11.9 Å². The van der Waals surface area contributed by atoms with E-state index in [9.17, 15) is 4.79 Å². The zero-order valence-electron chi connectivity index (χ0n) is 9.82. The van der Waals surface area contributed by atoms with E-state index >= 15 is 0 Å². The summed E-state index contributed by atoms with van der Waals surface area (Å²) in [4.78, 5) is 15.5. The van der Waals surface area contributed by atoms with Gasteiger partial charge in [-0.15, -0.1) is 0 Å². The normalized spacial score (nSPS) is 19.3. The Bertz CT molecular complexity index is 541. The minimum absolute atomic E-state index is 0.0140. The highest BCUT2D eigenvalue weighted by Crippen LogP contribution is 2.20. The smallest absolute Gasteiger partial charge is 0.280 e. The molecule has 1 aliphatic rings. The average Bonchev–Trinajstić information content (AvgIpc) is 3.05. The minimum Gasteiger partial charge on any atom is -0.350 e. The minimum atomic E-state index is -0.0140. The summed E-state index contributed by atoms with van der Waals surface area (Å²) in [6, 6.07) is 10.0. The molecule has 2 aromatic rings. The van der Waals surface area contributed by atoms with Crippen molar-refractivity contribution >= 4 is 33.0 Å². The molecule has 0 radical (unpaired) electrons. The van der Waals surface area contributed by atoms with Crippen LogP contribution in [0.15, 0.2) is 30.3 Å². The van der Waals surface area contributed by atoms with Gasteiger partial charge in [0.2, 0.25) is 0 Å². The lowest BCUT2D eigenvalue weighted by Crippen LogP contribution is -2.34. The number of hydrogen-bond donors (Lipinski definition) is 2. The fourth-order valence-electron chi connectivity index (χ4n) is 2.30. The van der Waals surface area contributed by atoms with Crippen molar-refractivity contribution in [1.29, 1.82) is 0 Å². The average molecular weight is 308 g/mol. The maximum absolute atomic E-state index is 12.3. The molecule has 3 rings (SSSR count). The number of nitrogens with zero attached hydrogens (tertiary/aromatic N) is 1. The predicted octanol–water partition coefficient (Wildman–Crippen LogP) is 2.28. The van der Waals surface area contributed by atoms with Gasteiger partial charge in [0, 0.05) is 17.4 Å². The van der Waals surface area contributed by atoms with E-state index < -0.39 is 0 Å². The summed E-state index contributed by atoms with van der Waals surface area (Å²) >= 11 is 3.39. The van der Waals surface area contributed by atoms with Gasteiger partial charge in [-0.3, -0.25) is 8.72 Å². The first-order chi connectivity index (χ1) is 8.75. The van der Waals surface area contributed by atoms with Crippen molar-refractivity contribution in [3.05, 3.63) is 36.0 Å². The molecule has 1 saturated heterocycles. The van der Waals surface area contributed by atoms with E-state index in [0.29, 0.717) is 5.69 Å². The summed E-state index contributed by atoms with van der Waals surface area (Å²) < 4.78 is 1.65. The van der Waals surface area contributed by atoms with Gasteiger partial charge in [-0.2, -0.15) is 0 Å². The van der Waals surface area contributed by atoms with E-state index in [4.69, 9.17) is 0 Å². The number of nitrogens with one attached hydrogen (secondary N) is 2. The Morgan fingerprint density at radius 3 is 2.94 bits per heavy atom. The lowest BCUT2D eigenvalue weighted by atomic mass is 10.2. The van der Waals surface area contributed by atoms with Crippen LogP contribution in [0.3, 0.4) is 0 Å². The molecule has 2 heterocycles. The van der Waals surface area contributed by atoms with Crippen LogP contribution in [0.2, 0.25) is 0 Å². The second-order valence-corrected chi connectivity index (χ2v) is 5.30. The first-order valence-electron chi connectivity index (χ1n) is 6.03. The van der Waals surface area contributed by atoms with Crippen LogP contribution in [0.25, 0.3) is 10.9 Å². The number of H-pyrrole nitrogens is 1. The molecular weight excluding hydrogens is 294 g/mol. The summed E-state index contributed by atoms with van der Waals surface area (Å²) in [5.74, 6) is -0.0140. The quantitative estimate of drug-likeness (QED) is 0.836. The van der Waals surface area contributed by atoms with Crippen molar-refractivity contribution in [3.8, 4) is 0 Å². The van der Waals surface area contributed by atoms with E-state index in [1.54, 1.807) is 3.93 Å². The van der Waals surface area contributed by atoms with Crippen molar-refractivity contribution in [1.82, 2.24) is 14.2 Å². The van der Waals surface area contributed by atoms with Crippen molar-refractivity contribution in [2.75, 3.05) is 13.1 Å². The van der Waals surface area contributed by atoms with Gasteiger partial charge in [0.05, 0.1) is 22.2 Å². The van der Waals surface area contributed by atoms with Crippen LogP contribution >= 0.6 is 16.1 Å². The van der Waals surface area contributed by atoms with E-state index in [2.05, 4.69) is 26.4 Å². The Morgan fingerprint density at radius 1 is 1.39 bits per heavy atom. The summed E-state index contributed by atoms with van der Waals surface area (Å²) in [7, 11) is 0. The number of carbonyl (C=O) groups is 1. The highest BCUT2D eigenvalue weighted by molar-refractivity contribution is 9.07. The van der Waals surface area contributed by atoms with Crippen molar-refractivity contribution < 1.29 is 4.79 Å². The third-order valence-electron chi connectivity index (χ3n) is 3.31. The molecule has 1 amide bonds. The molecular formula is C13H14BrN3O. The van der Waals surface area contributed by atoms with Gasteiger partial charge in [-0.05, 0) is 25.1 Å². The molecule has 18 heavy (non-hydrogen) atoms. The van der Waals surface area contributed by atoms with Crippen LogP contribution in [0.5, 0.6) is 0 Å². The number of fused-ring (bicyclic) bond motifs is 1. The third kappa shape index (κ3) is 2.04. The Morgan fingerprint density at radius 2 is 2.22 bits per heavy atom. The van der Waals surface area contributed by atoms with Gasteiger partial charge >= 0.3 is 0 Å². The van der Waals surface area contributed by atoms with Crippen LogP contribution in [-0.2, 0) is 0 Å². The molecule has 0 aliphatic carbocycles. The molecule has 1 fully saturated rings. The van der Waals surface area contributed by atoms with Crippen LogP contribution in [0.4, 0.5) is 0 Å². The molecule has 0 bridgehead atoms. The Hall–Kier alpha value is -1.33. The molecule has 1 atom stereocenters. The molecule has 1 aromatic carbocycles. The molecule has 2 N–H and O–H groups in total. The SMILES string of the molecule is O=C(c1cc2ccccc2[nH]1)N(Br)[C@H]1CCNC1. The number of para-hydroxylation sites is 1. The van der Waals surface area contributed by atoms with Crippen molar-refractivity contribution in [2.24, 2.45) is 0 Å². The van der Waals surface area contributed by atoms with Gasteiger partial charge < -0.3 is 10.3 Å². The van der Waals surface area contributed by atoms with Gasteiger partial charge in [-0.25, -0.2) is 0 Å². The molecule has 1 aliphatic heterocycles. The fourth-order valence-corrected chi connectivity index (χ4v) is 2.84. The van der Waals surface area contributed by atoms with Crippen LogP contribution < -0.4 is 5.32 Å². The van der Waals surface area contributed by atoms with Crippen molar-refractivity contribution in [2.45, 2.75) is 12.5 Å². The number of carbonyl (C=O) groups excluding carboxylic acids is 1. The van der Waals surface area contributed by atoms with Crippen LogP contribution in [0, 0.1) is 0 Å². The van der Waals surface area contributed by atoms with Gasteiger partial charge in [0.15, 0.2) is 0 Å². The van der Waals surface area contributed by atoms with E-state index in [1.165, 1.54) is 0 Å². The number of amides is 1. The van der Waals surface area contributed by atoms with Gasteiger partial charge in [0.1, 0.15) is 5.69 Å². The lowest BCUT2D eigenvalue weighted by molar-refractivity contribution is 0.0845. The first-order valence-corrected chi connectivity index (χ1v) is 6.74. The standard InChI is InChI=1S/C13H14BrN3O/c14-17(10-5-6-15-8-10)13(18)12-7-9-3-1-2-4-11(9)16-12/h1-4,7,10,15-16H,5-6,8H2/t10-/m0/s1. The largest absolute Gasteiger partial charge is 0.350 e. The third-order valence-corrected chi connectivity index (χ3v) is 4.21. The van der Waals surface area contributed by atoms with E-state index in [1.807, 2.05) is 30.3 Å². The second kappa shape index (κ2) is 4.74. The zero-order chi connectivity index (χ0) is 12.5. The van der Waals surface area contributed by atoms with Gasteiger partial charge in [-0.1, -0.05) is 18.2 Å². The van der Waals surface area contributed by atoms with Crippen LogP contribution in [0.1, 0.15) is 16.9 Å². The lowest BCUT2D eigenvalue weighted by Gasteiger charge is -2.20. The predicted molar refractivity (Wildman–Crippen MR) is 74.7 cm³/mol. The van der Waals surface area contributed by atoms with Crippen molar-refractivity contribution in [3.63, 3.8) is 0 Å². The molecule has 0 unspecified atom stereocenters. The summed E-state index contributed by atoms with van der Waals surface area (Å²) in [5.41, 5.74) is 1.62. The first kappa shape index (κ1) is 11.7. The highest BCUT2D eigenvalue weighted by atomic mass is 79.9. The number of aromatic nitrogens is 1. The number of aromatic amines is 1. The molecule has 5 heteroatoms. The number of benzene rings is 1. The maximum atomic E-state index is 12.3. The van der Waals surface area contributed by atoms with Crippen LogP contribution in [-0.4, -0.2) is 33.9 Å². The molecule has 0 saturated carbocycles. The topological polar surface area (TPSA) is 48.1 Å². The summed E-state index contributed by atoms with van der Waals surface area (Å²) in [6.45, 7) is 1.81. The zero-order valence-corrected chi connectivity index (χ0v) is 11.4. The molecule has 1 aromatic heterocycles. The fraction of sp³-hybridized carbons (Fsp3) is 0.308. The monoisotopic (exact) mass is 307 g/mol. The summed E-state index contributed by atoms with van der Waals surface area (Å²) in [5, 5.41) is 4.31. The number of rotatable bonds is 2. The van der Waals surface area contributed by atoms with Gasteiger partial charge in [0.25, 0.3) is 5.91 Å².